The van der Waals surface area contributed by atoms with Crippen LogP contribution >= 0.6 is 0 Å². The summed E-state index contributed by atoms with van der Waals surface area (Å²) in [5, 5.41) is 15.9. The van der Waals surface area contributed by atoms with Gasteiger partial charge in [0.1, 0.15) is 12.8 Å². The van der Waals surface area contributed by atoms with E-state index in [-0.39, 0.29) is 18.1 Å². The maximum atomic E-state index is 13.1. The Morgan fingerprint density at radius 2 is 1.66 bits per heavy atom. The molecule has 0 bridgehead atoms. The lowest BCUT2D eigenvalue weighted by Gasteiger charge is -2.14. The van der Waals surface area contributed by atoms with Gasteiger partial charge in [-0.1, -0.05) is 0 Å². The first-order valence-electron chi connectivity index (χ1n) is 7.94. The van der Waals surface area contributed by atoms with Crippen molar-refractivity contribution in [2.24, 2.45) is 0 Å². The number of alkyl halides is 6. The minimum Gasteiger partial charge on any atom is -0.476 e. The van der Waals surface area contributed by atoms with Crippen molar-refractivity contribution < 1.29 is 50.6 Å². The van der Waals surface area contributed by atoms with E-state index < -0.39 is 30.1 Å². The summed E-state index contributed by atoms with van der Waals surface area (Å²) in [4.78, 5) is 27.0. The molecule has 0 saturated heterocycles. The zero-order valence-electron chi connectivity index (χ0n) is 14.3. The van der Waals surface area contributed by atoms with Gasteiger partial charge in [0, 0.05) is 5.69 Å². The fourth-order valence-corrected chi connectivity index (χ4v) is 2.60. The van der Waals surface area contributed by atoms with E-state index in [4.69, 9.17) is 19.4 Å². The first-order chi connectivity index (χ1) is 13.3. The highest BCUT2D eigenvalue weighted by Gasteiger charge is 2.39. The Balaban J connectivity index is 0.000000370. The molecule has 0 radical (unpaired) electrons. The van der Waals surface area contributed by atoms with Crippen molar-refractivity contribution in [3.8, 4) is 0 Å². The van der Waals surface area contributed by atoms with E-state index in [9.17, 15) is 31.1 Å². The number of aliphatic carboxylic acids is 1. The number of rotatable bonds is 3. The maximum Gasteiger partial charge on any atom is 0.490 e. The molecule has 0 fully saturated rings. The average molecular weight is 429 g/mol. The standard InChI is InChI=1S/C13H12F3N3O3.C2HF3O2/c14-13(15,16)12-18-7-3-1-2-4-9(7)19(12)5-10-17-8(6-22-10)11(20)21;3-2(4,5)1(6)7/h6H,1-5H2,(H,20,21);(H,6,7). The van der Waals surface area contributed by atoms with Gasteiger partial charge in [-0.25, -0.2) is 19.6 Å². The molecule has 2 aromatic heterocycles. The minimum atomic E-state index is -5.08. The van der Waals surface area contributed by atoms with Gasteiger partial charge < -0.3 is 19.2 Å². The molecule has 160 valence electrons. The van der Waals surface area contributed by atoms with Gasteiger partial charge >= 0.3 is 24.3 Å². The van der Waals surface area contributed by atoms with Gasteiger partial charge in [-0.2, -0.15) is 26.3 Å². The van der Waals surface area contributed by atoms with Crippen LogP contribution < -0.4 is 0 Å². The number of hydrogen-bond acceptors (Lipinski definition) is 5. The van der Waals surface area contributed by atoms with Gasteiger partial charge in [0.05, 0.1) is 5.69 Å². The quantitative estimate of drug-likeness (QED) is 0.720. The predicted octanol–water partition coefficient (Wildman–Crippen LogP) is 3.15. The van der Waals surface area contributed by atoms with Crippen molar-refractivity contribution in [1.29, 1.82) is 0 Å². The van der Waals surface area contributed by atoms with Gasteiger partial charge in [-0.3, -0.25) is 0 Å². The molecular weight excluding hydrogens is 416 g/mol. The van der Waals surface area contributed by atoms with Crippen molar-refractivity contribution >= 4 is 11.9 Å². The number of aromatic nitrogens is 3. The Labute approximate surface area is 157 Å². The second-order valence-corrected chi connectivity index (χ2v) is 5.85. The Kier molecular flexibility index (Phi) is 6.23. The fraction of sp³-hybridized carbons (Fsp3) is 0.467. The molecule has 0 saturated carbocycles. The van der Waals surface area contributed by atoms with Gasteiger partial charge in [0.25, 0.3) is 0 Å². The molecule has 2 N–H and O–H groups in total. The minimum absolute atomic E-state index is 0.0892. The number of imidazole rings is 1. The molecule has 8 nitrogen and oxygen atoms in total. The Morgan fingerprint density at radius 3 is 2.14 bits per heavy atom. The van der Waals surface area contributed by atoms with Crippen molar-refractivity contribution in [3.63, 3.8) is 0 Å². The molecular formula is C15H13F6N3O5. The van der Waals surface area contributed by atoms with Crippen molar-refractivity contribution in [2.75, 3.05) is 0 Å². The van der Waals surface area contributed by atoms with E-state index in [0.717, 1.165) is 23.7 Å². The summed E-state index contributed by atoms with van der Waals surface area (Å²) >= 11 is 0. The average Bonchev–Trinajstić information content (AvgIpc) is 3.20. The summed E-state index contributed by atoms with van der Waals surface area (Å²) < 4.78 is 77.1. The van der Waals surface area contributed by atoms with Crippen LogP contribution in [0.25, 0.3) is 0 Å². The molecule has 29 heavy (non-hydrogen) atoms. The Morgan fingerprint density at radius 1 is 1.07 bits per heavy atom. The van der Waals surface area contributed by atoms with Crippen molar-refractivity contribution in [1.82, 2.24) is 14.5 Å². The second-order valence-electron chi connectivity index (χ2n) is 5.85. The zero-order valence-corrected chi connectivity index (χ0v) is 14.3. The van der Waals surface area contributed by atoms with Gasteiger partial charge in [-0.15, -0.1) is 0 Å². The van der Waals surface area contributed by atoms with Gasteiger partial charge in [0.2, 0.25) is 11.7 Å². The molecule has 3 rings (SSSR count). The van der Waals surface area contributed by atoms with E-state index in [1.165, 1.54) is 0 Å². The number of halogens is 6. The first-order valence-corrected chi connectivity index (χ1v) is 7.94. The van der Waals surface area contributed by atoms with Crippen LogP contribution in [0.5, 0.6) is 0 Å². The number of hydrogen-bond donors (Lipinski definition) is 2. The number of oxazole rings is 1. The van der Waals surface area contributed by atoms with Crippen LogP contribution in [0.15, 0.2) is 10.7 Å². The highest BCUT2D eigenvalue weighted by Crippen LogP contribution is 2.33. The summed E-state index contributed by atoms with van der Waals surface area (Å²) in [5.74, 6) is -5.13. The molecule has 0 spiro atoms. The molecule has 0 amide bonds. The van der Waals surface area contributed by atoms with Crippen molar-refractivity contribution in [2.45, 2.75) is 44.6 Å². The molecule has 0 atom stereocenters. The summed E-state index contributed by atoms with van der Waals surface area (Å²) in [6, 6.07) is 0. The van der Waals surface area contributed by atoms with Gasteiger partial charge in [-0.05, 0) is 25.7 Å². The number of fused-ring (bicyclic) bond motifs is 1. The normalized spacial score (nSPS) is 14.0. The number of aryl methyl sites for hydroxylation is 1. The number of carbonyl (C=O) groups is 2. The van der Waals surface area contributed by atoms with Crippen LogP contribution in [0.3, 0.4) is 0 Å². The lowest BCUT2D eigenvalue weighted by molar-refractivity contribution is -0.192. The number of carboxylic acids is 2. The van der Waals surface area contributed by atoms with E-state index in [1.54, 1.807) is 0 Å². The fourth-order valence-electron chi connectivity index (χ4n) is 2.60. The van der Waals surface area contributed by atoms with Crippen LogP contribution in [0.1, 0.15) is 46.4 Å². The summed E-state index contributed by atoms with van der Waals surface area (Å²) in [5.41, 5.74) is 0.634. The van der Waals surface area contributed by atoms with Gasteiger partial charge in [0.15, 0.2) is 5.69 Å². The topological polar surface area (TPSA) is 118 Å². The van der Waals surface area contributed by atoms with Crippen molar-refractivity contribution in [3.05, 3.63) is 35.1 Å². The third kappa shape index (κ3) is 5.48. The molecule has 1 aliphatic carbocycles. The monoisotopic (exact) mass is 429 g/mol. The van der Waals surface area contributed by atoms with Crippen LogP contribution in [-0.2, 0) is 30.4 Å². The third-order valence-electron chi connectivity index (χ3n) is 3.79. The molecule has 2 aromatic rings. The lowest BCUT2D eigenvalue weighted by atomic mass is 10.0. The van der Waals surface area contributed by atoms with E-state index in [0.29, 0.717) is 24.2 Å². The molecule has 1 aliphatic rings. The zero-order chi connectivity index (χ0) is 22.0. The van der Waals surface area contributed by atoms with E-state index in [2.05, 4.69) is 9.97 Å². The van der Waals surface area contributed by atoms with Crippen LogP contribution in [0.2, 0.25) is 0 Å². The summed E-state index contributed by atoms with van der Waals surface area (Å²) in [7, 11) is 0. The summed E-state index contributed by atoms with van der Waals surface area (Å²) in [6.45, 7) is -0.287. The molecule has 0 aromatic carbocycles. The highest BCUT2D eigenvalue weighted by molar-refractivity contribution is 5.84. The number of nitrogens with zero attached hydrogens (tertiary/aromatic N) is 3. The Hall–Kier alpha value is -3.06. The number of aromatic carboxylic acids is 1. The Bertz CT molecular complexity index is 899. The summed E-state index contributed by atoms with van der Waals surface area (Å²) in [6.07, 6.45) is -6.14. The lowest BCUT2D eigenvalue weighted by Crippen LogP contribution is -2.21. The first kappa shape index (κ1) is 22.2. The molecule has 2 heterocycles. The van der Waals surface area contributed by atoms with Crippen LogP contribution in [0.4, 0.5) is 26.3 Å². The third-order valence-corrected chi connectivity index (χ3v) is 3.79. The largest absolute Gasteiger partial charge is 0.490 e. The van der Waals surface area contributed by atoms with Crippen LogP contribution in [0, 0.1) is 0 Å². The highest BCUT2D eigenvalue weighted by atomic mass is 19.4. The van der Waals surface area contributed by atoms with E-state index >= 15 is 0 Å². The molecule has 0 aliphatic heterocycles. The molecule has 14 heteroatoms. The molecule has 0 unspecified atom stereocenters. The van der Waals surface area contributed by atoms with E-state index in [1.807, 2.05) is 0 Å². The predicted molar refractivity (Wildman–Crippen MR) is 80.1 cm³/mol. The smallest absolute Gasteiger partial charge is 0.476 e. The SMILES string of the molecule is O=C(O)C(F)(F)F.O=C(O)c1coc(Cn2c(C(F)(F)F)nc3c2CCCC3)n1. The van der Waals surface area contributed by atoms with Crippen LogP contribution in [-0.4, -0.2) is 42.9 Å². The maximum absolute atomic E-state index is 13.1. The number of carboxylic acid groups (broad SMARTS) is 2. The second kappa shape index (κ2) is 8.13.